The van der Waals surface area contributed by atoms with Crippen LogP contribution in [0.15, 0.2) is 71.6 Å². The molecule has 0 saturated carbocycles. The van der Waals surface area contributed by atoms with Crippen LogP contribution in [0.1, 0.15) is 29.8 Å². The first kappa shape index (κ1) is 21.5. The van der Waals surface area contributed by atoms with Gasteiger partial charge >= 0.3 is 0 Å². The molecule has 3 N–H and O–H groups in total. The van der Waals surface area contributed by atoms with Crippen molar-refractivity contribution in [3.63, 3.8) is 0 Å². The number of carbonyl (C=O) groups excluding carboxylic acids is 2. The van der Waals surface area contributed by atoms with Crippen molar-refractivity contribution < 1.29 is 18.0 Å². The summed E-state index contributed by atoms with van der Waals surface area (Å²) < 4.78 is 27.0. The van der Waals surface area contributed by atoms with Gasteiger partial charge in [-0.15, -0.1) is 0 Å². The van der Waals surface area contributed by atoms with Crippen LogP contribution in [0.3, 0.4) is 0 Å². The SMILES string of the molecule is CC(C)NS(=O)(=O)c1cccc(C(=O)NNC(=O)Cc2cccc3ccccc23)c1. The first-order chi connectivity index (χ1) is 14.3. The van der Waals surface area contributed by atoms with Gasteiger partial charge in [-0.1, -0.05) is 48.5 Å². The molecule has 0 radical (unpaired) electrons. The van der Waals surface area contributed by atoms with Crippen LogP contribution >= 0.6 is 0 Å². The minimum absolute atomic E-state index is 0.0223. The van der Waals surface area contributed by atoms with E-state index in [1.807, 2.05) is 42.5 Å². The Hall–Kier alpha value is -3.23. The zero-order valence-corrected chi connectivity index (χ0v) is 17.5. The highest BCUT2D eigenvalue weighted by Crippen LogP contribution is 2.18. The van der Waals surface area contributed by atoms with E-state index in [-0.39, 0.29) is 28.8 Å². The molecule has 7 nitrogen and oxygen atoms in total. The zero-order valence-electron chi connectivity index (χ0n) is 16.7. The smallest absolute Gasteiger partial charge is 0.269 e. The third-order valence-corrected chi connectivity index (χ3v) is 6.00. The lowest BCUT2D eigenvalue weighted by molar-refractivity contribution is -0.121. The van der Waals surface area contributed by atoms with E-state index in [0.29, 0.717) is 0 Å². The molecule has 0 aromatic heterocycles. The number of rotatable bonds is 6. The Morgan fingerprint density at radius 1 is 0.900 bits per heavy atom. The Bertz CT molecular complexity index is 1180. The molecule has 3 aromatic rings. The van der Waals surface area contributed by atoms with Gasteiger partial charge in [-0.25, -0.2) is 13.1 Å². The van der Waals surface area contributed by atoms with E-state index in [1.54, 1.807) is 13.8 Å². The lowest BCUT2D eigenvalue weighted by Gasteiger charge is -2.11. The Balaban J connectivity index is 1.65. The fourth-order valence-corrected chi connectivity index (χ4v) is 4.34. The highest BCUT2D eigenvalue weighted by Gasteiger charge is 2.17. The molecule has 156 valence electrons. The summed E-state index contributed by atoms with van der Waals surface area (Å²) in [5.74, 6) is -0.993. The van der Waals surface area contributed by atoms with Gasteiger partial charge in [-0.2, -0.15) is 0 Å². The van der Waals surface area contributed by atoms with Crippen molar-refractivity contribution in [3.05, 3.63) is 77.9 Å². The van der Waals surface area contributed by atoms with Crippen LogP contribution in [0.2, 0.25) is 0 Å². The highest BCUT2D eigenvalue weighted by atomic mass is 32.2. The summed E-state index contributed by atoms with van der Waals surface area (Å²) in [5.41, 5.74) is 5.67. The Morgan fingerprint density at radius 3 is 2.37 bits per heavy atom. The zero-order chi connectivity index (χ0) is 21.7. The summed E-state index contributed by atoms with van der Waals surface area (Å²) in [7, 11) is -3.73. The molecular weight excluding hydrogens is 402 g/mol. The number of amides is 2. The number of sulfonamides is 1. The topological polar surface area (TPSA) is 104 Å². The highest BCUT2D eigenvalue weighted by molar-refractivity contribution is 7.89. The van der Waals surface area contributed by atoms with Crippen LogP contribution in [0.4, 0.5) is 0 Å². The Kier molecular flexibility index (Phi) is 6.49. The first-order valence-electron chi connectivity index (χ1n) is 9.44. The van der Waals surface area contributed by atoms with E-state index >= 15 is 0 Å². The van der Waals surface area contributed by atoms with Crippen molar-refractivity contribution in [2.45, 2.75) is 31.2 Å². The van der Waals surface area contributed by atoms with Crippen molar-refractivity contribution >= 4 is 32.6 Å². The molecular formula is C22H23N3O4S. The van der Waals surface area contributed by atoms with Gasteiger partial charge in [0.25, 0.3) is 5.91 Å². The Morgan fingerprint density at radius 2 is 1.60 bits per heavy atom. The normalized spacial score (nSPS) is 11.4. The molecule has 0 aliphatic rings. The average molecular weight is 426 g/mol. The van der Waals surface area contributed by atoms with Gasteiger partial charge < -0.3 is 0 Å². The molecule has 3 aromatic carbocycles. The van der Waals surface area contributed by atoms with Crippen LogP contribution in [-0.4, -0.2) is 26.3 Å². The van der Waals surface area contributed by atoms with Gasteiger partial charge in [0.1, 0.15) is 0 Å². The molecule has 0 aliphatic carbocycles. The molecule has 0 spiro atoms. The summed E-state index contributed by atoms with van der Waals surface area (Å²) in [6, 6.07) is 18.8. The van der Waals surface area contributed by atoms with Crippen molar-refractivity contribution in [1.29, 1.82) is 0 Å². The fraction of sp³-hybridized carbons (Fsp3) is 0.182. The van der Waals surface area contributed by atoms with Crippen LogP contribution in [0, 0.1) is 0 Å². The number of fused-ring (bicyclic) bond motifs is 1. The molecule has 0 unspecified atom stereocenters. The van der Waals surface area contributed by atoms with Gasteiger partial charge in [0.15, 0.2) is 0 Å². The fourth-order valence-electron chi connectivity index (χ4n) is 3.05. The van der Waals surface area contributed by atoms with E-state index < -0.39 is 15.9 Å². The second kappa shape index (κ2) is 9.06. The van der Waals surface area contributed by atoms with Crippen LogP contribution in [0.25, 0.3) is 10.8 Å². The molecule has 8 heteroatoms. The second-order valence-electron chi connectivity index (χ2n) is 7.12. The van der Waals surface area contributed by atoms with Crippen LogP contribution < -0.4 is 15.6 Å². The minimum atomic E-state index is -3.73. The molecule has 30 heavy (non-hydrogen) atoms. The summed E-state index contributed by atoms with van der Waals surface area (Å²) in [6.45, 7) is 3.42. The van der Waals surface area contributed by atoms with Crippen molar-refractivity contribution in [2.75, 3.05) is 0 Å². The van der Waals surface area contributed by atoms with E-state index in [0.717, 1.165) is 16.3 Å². The first-order valence-corrected chi connectivity index (χ1v) is 10.9. The molecule has 2 amide bonds. The van der Waals surface area contributed by atoms with Crippen molar-refractivity contribution in [1.82, 2.24) is 15.6 Å². The summed E-state index contributed by atoms with van der Waals surface area (Å²) >= 11 is 0. The number of nitrogens with one attached hydrogen (secondary N) is 3. The lowest BCUT2D eigenvalue weighted by atomic mass is 10.0. The second-order valence-corrected chi connectivity index (χ2v) is 8.84. The minimum Gasteiger partial charge on any atom is -0.273 e. The van der Waals surface area contributed by atoms with Crippen LogP contribution in [0.5, 0.6) is 0 Å². The molecule has 3 rings (SSSR count). The number of carbonyl (C=O) groups is 2. The Labute approximate surface area is 175 Å². The van der Waals surface area contributed by atoms with E-state index in [1.165, 1.54) is 24.3 Å². The summed E-state index contributed by atoms with van der Waals surface area (Å²) in [6.07, 6.45) is 0.0916. The van der Waals surface area contributed by atoms with E-state index in [2.05, 4.69) is 15.6 Å². The number of hydrogen-bond donors (Lipinski definition) is 3. The molecule has 0 saturated heterocycles. The third kappa shape index (κ3) is 5.22. The molecule has 0 fully saturated rings. The molecule has 0 bridgehead atoms. The maximum Gasteiger partial charge on any atom is 0.269 e. The van der Waals surface area contributed by atoms with Crippen molar-refractivity contribution in [3.8, 4) is 0 Å². The van der Waals surface area contributed by atoms with Gasteiger partial charge in [0, 0.05) is 11.6 Å². The summed E-state index contributed by atoms with van der Waals surface area (Å²) in [5, 5.41) is 2.00. The number of hydrazine groups is 1. The van der Waals surface area contributed by atoms with Gasteiger partial charge in [-0.05, 0) is 48.4 Å². The van der Waals surface area contributed by atoms with Gasteiger partial charge in [-0.3, -0.25) is 20.4 Å². The van der Waals surface area contributed by atoms with Gasteiger partial charge in [0.05, 0.1) is 11.3 Å². The molecule has 0 heterocycles. The van der Waals surface area contributed by atoms with E-state index in [9.17, 15) is 18.0 Å². The van der Waals surface area contributed by atoms with Crippen molar-refractivity contribution in [2.24, 2.45) is 0 Å². The predicted octanol–water partition coefficient (Wildman–Crippen LogP) is 2.53. The average Bonchev–Trinajstić information content (AvgIpc) is 2.71. The van der Waals surface area contributed by atoms with Crippen LogP contribution in [-0.2, 0) is 21.2 Å². The maximum atomic E-state index is 12.4. The maximum absolute atomic E-state index is 12.4. The molecule has 0 aliphatic heterocycles. The largest absolute Gasteiger partial charge is 0.273 e. The monoisotopic (exact) mass is 425 g/mol. The predicted molar refractivity (Wildman–Crippen MR) is 115 cm³/mol. The third-order valence-electron chi connectivity index (χ3n) is 4.34. The molecule has 0 atom stereocenters. The number of hydrogen-bond acceptors (Lipinski definition) is 4. The van der Waals surface area contributed by atoms with E-state index in [4.69, 9.17) is 0 Å². The standard InChI is InChI=1S/C22H23N3O4S/c1-15(2)25-30(28,29)19-11-6-10-18(13-19)22(27)24-23-21(26)14-17-9-5-8-16-7-3-4-12-20(16)17/h3-13,15,25H,14H2,1-2H3,(H,23,26)(H,24,27). The van der Waals surface area contributed by atoms with Gasteiger partial charge in [0.2, 0.25) is 15.9 Å². The number of benzene rings is 3. The summed E-state index contributed by atoms with van der Waals surface area (Å²) in [4.78, 5) is 24.7. The lowest BCUT2D eigenvalue weighted by Crippen LogP contribution is -2.42. The quantitative estimate of drug-likeness (QED) is 0.528.